The molecule has 1 N–H and O–H groups in total. The highest BCUT2D eigenvalue weighted by molar-refractivity contribution is 5.51. The minimum absolute atomic E-state index is 0.401. The number of hydrogen-bond donors (Lipinski definition) is 1. The summed E-state index contributed by atoms with van der Waals surface area (Å²) in [5.41, 5.74) is 2.34. The predicted octanol–water partition coefficient (Wildman–Crippen LogP) is 2.67. The molecule has 0 amide bonds. The van der Waals surface area contributed by atoms with Crippen LogP contribution in [0.2, 0.25) is 0 Å². The standard InChI is InChI=1S/C13H21NO2/c1-11(8-9-15-2)14-13-7-5-4-6-12(13)10-16-3/h4-7,11,14H,8-10H2,1-3H3. The molecule has 90 valence electrons. The van der Waals surface area contributed by atoms with Crippen molar-refractivity contribution in [2.24, 2.45) is 0 Å². The number of ether oxygens (including phenoxy) is 2. The Bertz CT molecular complexity index is 302. The molecule has 0 saturated heterocycles. The molecule has 3 heteroatoms. The Balaban J connectivity index is 2.57. The lowest BCUT2D eigenvalue weighted by Gasteiger charge is -2.17. The molecule has 1 atom stereocenters. The SMILES string of the molecule is COCCC(C)Nc1ccccc1COC. The number of benzene rings is 1. The summed E-state index contributed by atoms with van der Waals surface area (Å²) in [5.74, 6) is 0. The Labute approximate surface area is 97.8 Å². The van der Waals surface area contributed by atoms with Gasteiger partial charge in [0.15, 0.2) is 0 Å². The molecule has 0 bridgehead atoms. The third-order valence-corrected chi connectivity index (χ3v) is 2.47. The van der Waals surface area contributed by atoms with Crippen LogP contribution in [0, 0.1) is 0 Å². The first-order valence-electron chi connectivity index (χ1n) is 5.60. The highest BCUT2D eigenvalue weighted by Gasteiger charge is 2.05. The van der Waals surface area contributed by atoms with Crippen LogP contribution in [0.4, 0.5) is 5.69 Å². The average molecular weight is 223 g/mol. The molecule has 1 aromatic rings. The zero-order valence-corrected chi connectivity index (χ0v) is 10.3. The van der Waals surface area contributed by atoms with E-state index in [-0.39, 0.29) is 0 Å². The first-order chi connectivity index (χ1) is 7.77. The minimum atomic E-state index is 0.401. The monoisotopic (exact) mass is 223 g/mol. The van der Waals surface area contributed by atoms with E-state index < -0.39 is 0 Å². The molecule has 0 fully saturated rings. The Morgan fingerprint density at radius 3 is 2.62 bits per heavy atom. The van der Waals surface area contributed by atoms with Crippen molar-refractivity contribution in [3.8, 4) is 0 Å². The fourth-order valence-corrected chi connectivity index (χ4v) is 1.57. The van der Waals surface area contributed by atoms with Crippen LogP contribution in [-0.4, -0.2) is 26.9 Å². The van der Waals surface area contributed by atoms with Gasteiger partial charge >= 0.3 is 0 Å². The molecule has 3 nitrogen and oxygen atoms in total. The summed E-state index contributed by atoms with van der Waals surface area (Å²) in [5, 5.41) is 3.47. The van der Waals surface area contributed by atoms with E-state index in [4.69, 9.17) is 9.47 Å². The number of nitrogens with one attached hydrogen (secondary N) is 1. The van der Waals surface area contributed by atoms with Crippen LogP contribution in [-0.2, 0) is 16.1 Å². The highest BCUT2D eigenvalue weighted by atomic mass is 16.5. The van der Waals surface area contributed by atoms with Crippen molar-refractivity contribution in [1.29, 1.82) is 0 Å². The summed E-state index contributed by atoms with van der Waals surface area (Å²) in [6, 6.07) is 8.62. The Morgan fingerprint density at radius 2 is 1.94 bits per heavy atom. The average Bonchev–Trinajstić information content (AvgIpc) is 2.29. The van der Waals surface area contributed by atoms with E-state index in [0.717, 1.165) is 18.7 Å². The van der Waals surface area contributed by atoms with Crippen molar-refractivity contribution in [2.75, 3.05) is 26.1 Å². The fourth-order valence-electron chi connectivity index (χ4n) is 1.57. The second-order valence-corrected chi connectivity index (χ2v) is 3.92. The minimum Gasteiger partial charge on any atom is -0.385 e. The van der Waals surface area contributed by atoms with Crippen molar-refractivity contribution in [1.82, 2.24) is 0 Å². The lowest BCUT2D eigenvalue weighted by atomic mass is 10.1. The van der Waals surface area contributed by atoms with Crippen molar-refractivity contribution in [2.45, 2.75) is 26.0 Å². The van der Waals surface area contributed by atoms with Gasteiger partial charge in [-0.3, -0.25) is 0 Å². The van der Waals surface area contributed by atoms with E-state index in [0.29, 0.717) is 12.6 Å². The molecular formula is C13H21NO2. The van der Waals surface area contributed by atoms with Gasteiger partial charge in [0.25, 0.3) is 0 Å². The van der Waals surface area contributed by atoms with Gasteiger partial charge in [0.1, 0.15) is 0 Å². The van der Waals surface area contributed by atoms with Crippen LogP contribution in [0.5, 0.6) is 0 Å². The van der Waals surface area contributed by atoms with E-state index in [1.165, 1.54) is 5.56 Å². The summed E-state index contributed by atoms with van der Waals surface area (Å²) in [7, 11) is 3.44. The third-order valence-electron chi connectivity index (χ3n) is 2.47. The van der Waals surface area contributed by atoms with Crippen LogP contribution in [0.25, 0.3) is 0 Å². The van der Waals surface area contributed by atoms with Gasteiger partial charge in [-0.1, -0.05) is 18.2 Å². The molecule has 0 aliphatic rings. The number of anilines is 1. The summed E-state index contributed by atoms with van der Waals surface area (Å²) in [4.78, 5) is 0. The van der Waals surface area contributed by atoms with Crippen molar-refractivity contribution < 1.29 is 9.47 Å². The van der Waals surface area contributed by atoms with Crippen molar-refractivity contribution in [3.05, 3.63) is 29.8 Å². The summed E-state index contributed by atoms with van der Waals surface area (Å²) in [6.07, 6.45) is 0.998. The van der Waals surface area contributed by atoms with Gasteiger partial charge in [-0.2, -0.15) is 0 Å². The molecule has 1 rings (SSSR count). The van der Waals surface area contributed by atoms with Crippen molar-refractivity contribution in [3.63, 3.8) is 0 Å². The fraction of sp³-hybridized carbons (Fsp3) is 0.538. The summed E-state index contributed by atoms with van der Waals surface area (Å²) >= 11 is 0. The van der Waals surface area contributed by atoms with Crippen LogP contribution in [0.1, 0.15) is 18.9 Å². The Morgan fingerprint density at radius 1 is 1.19 bits per heavy atom. The van der Waals surface area contributed by atoms with E-state index in [1.54, 1.807) is 14.2 Å². The second-order valence-electron chi connectivity index (χ2n) is 3.92. The second kappa shape index (κ2) is 7.25. The first-order valence-corrected chi connectivity index (χ1v) is 5.60. The Hall–Kier alpha value is -1.06. The first kappa shape index (κ1) is 13.0. The molecule has 0 aliphatic carbocycles. The molecule has 16 heavy (non-hydrogen) atoms. The van der Waals surface area contributed by atoms with Crippen LogP contribution >= 0.6 is 0 Å². The van der Waals surface area contributed by atoms with Crippen LogP contribution in [0.3, 0.4) is 0 Å². The zero-order chi connectivity index (χ0) is 11.8. The molecule has 0 radical (unpaired) electrons. The van der Waals surface area contributed by atoms with E-state index in [9.17, 15) is 0 Å². The summed E-state index contributed by atoms with van der Waals surface area (Å²) in [6.45, 7) is 3.57. The maximum Gasteiger partial charge on any atom is 0.0733 e. The molecule has 0 saturated carbocycles. The maximum absolute atomic E-state index is 5.17. The molecule has 0 spiro atoms. The normalized spacial score (nSPS) is 12.4. The van der Waals surface area contributed by atoms with E-state index in [1.807, 2.05) is 12.1 Å². The van der Waals surface area contributed by atoms with Gasteiger partial charge < -0.3 is 14.8 Å². The molecule has 1 unspecified atom stereocenters. The number of methoxy groups -OCH3 is 2. The predicted molar refractivity (Wildman–Crippen MR) is 66.7 cm³/mol. The zero-order valence-electron chi connectivity index (χ0n) is 10.3. The van der Waals surface area contributed by atoms with Gasteiger partial charge in [0.2, 0.25) is 0 Å². The van der Waals surface area contributed by atoms with Gasteiger partial charge in [0, 0.05) is 38.1 Å². The topological polar surface area (TPSA) is 30.5 Å². The van der Waals surface area contributed by atoms with E-state index in [2.05, 4.69) is 24.4 Å². The summed E-state index contributed by atoms with van der Waals surface area (Å²) < 4.78 is 10.2. The lowest BCUT2D eigenvalue weighted by molar-refractivity contribution is 0.185. The molecule has 0 aromatic heterocycles. The van der Waals surface area contributed by atoms with Gasteiger partial charge in [-0.25, -0.2) is 0 Å². The molecule has 0 aliphatic heterocycles. The van der Waals surface area contributed by atoms with Gasteiger partial charge in [0.05, 0.1) is 6.61 Å². The highest BCUT2D eigenvalue weighted by Crippen LogP contribution is 2.17. The van der Waals surface area contributed by atoms with Gasteiger partial charge in [-0.15, -0.1) is 0 Å². The van der Waals surface area contributed by atoms with Crippen LogP contribution in [0.15, 0.2) is 24.3 Å². The largest absolute Gasteiger partial charge is 0.385 e. The number of para-hydroxylation sites is 1. The molecule has 1 aromatic carbocycles. The van der Waals surface area contributed by atoms with E-state index >= 15 is 0 Å². The molecular weight excluding hydrogens is 202 g/mol. The van der Waals surface area contributed by atoms with Gasteiger partial charge in [-0.05, 0) is 19.4 Å². The number of hydrogen-bond acceptors (Lipinski definition) is 3. The third kappa shape index (κ3) is 4.21. The van der Waals surface area contributed by atoms with Crippen molar-refractivity contribution >= 4 is 5.69 Å². The smallest absolute Gasteiger partial charge is 0.0733 e. The maximum atomic E-state index is 5.17. The quantitative estimate of drug-likeness (QED) is 0.771. The van der Waals surface area contributed by atoms with Crippen LogP contribution < -0.4 is 5.32 Å². The Kier molecular flexibility index (Phi) is 5.90. The lowest BCUT2D eigenvalue weighted by Crippen LogP contribution is -2.18. The molecule has 0 heterocycles. The number of rotatable bonds is 7.